The van der Waals surface area contributed by atoms with Crippen molar-refractivity contribution in [1.82, 2.24) is 24.3 Å². The molecule has 0 bridgehead atoms. The summed E-state index contributed by atoms with van der Waals surface area (Å²) in [7, 11) is 3.96. The van der Waals surface area contributed by atoms with Gasteiger partial charge in [-0.25, -0.2) is 4.98 Å². The molecule has 3 heterocycles. The number of rotatable bonds is 5. The number of carbonyl (C=O) groups is 1. The second-order valence-electron chi connectivity index (χ2n) is 8.24. The van der Waals surface area contributed by atoms with Crippen LogP contribution in [0.5, 0.6) is 0 Å². The summed E-state index contributed by atoms with van der Waals surface area (Å²) in [6.45, 7) is 2.14. The van der Waals surface area contributed by atoms with Gasteiger partial charge in [0.05, 0.1) is 16.6 Å². The quantitative estimate of drug-likeness (QED) is 0.543. The average molecular weight is 415 g/mol. The van der Waals surface area contributed by atoms with Crippen LogP contribution >= 0.6 is 0 Å². The van der Waals surface area contributed by atoms with Gasteiger partial charge in [-0.3, -0.25) is 14.2 Å². The number of hydrogen-bond acceptors (Lipinski definition) is 4. The van der Waals surface area contributed by atoms with E-state index < -0.39 is 0 Å². The normalized spacial score (nSPS) is 12.9. The van der Waals surface area contributed by atoms with E-state index in [2.05, 4.69) is 11.4 Å². The summed E-state index contributed by atoms with van der Waals surface area (Å²) in [6.07, 6.45) is 0.734. The Morgan fingerprint density at radius 1 is 1.10 bits per heavy atom. The maximum absolute atomic E-state index is 13.2. The monoisotopic (exact) mass is 415 g/mol. The fourth-order valence-electron chi connectivity index (χ4n) is 4.45. The smallest absolute Gasteiger partial charge is 0.261 e. The first-order valence-electron chi connectivity index (χ1n) is 10.6. The largest absolute Gasteiger partial charge is 0.353 e. The van der Waals surface area contributed by atoms with Gasteiger partial charge in [0.1, 0.15) is 6.54 Å². The van der Waals surface area contributed by atoms with E-state index in [1.165, 1.54) is 0 Å². The summed E-state index contributed by atoms with van der Waals surface area (Å²) in [5.41, 5.74) is 3.67. The second kappa shape index (κ2) is 7.67. The summed E-state index contributed by atoms with van der Waals surface area (Å²) in [4.78, 5) is 32.8. The summed E-state index contributed by atoms with van der Waals surface area (Å²) in [5, 5.41) is 4.74. The van der Waals surface area contributed by atoms with Crippen LogP contribution in [0.15, 0.2) is 53.3 Å². The van der Waals surface area contributed by atoms with Crippen LogP contribution in [-0.4, -0.2) is 52.1 Å². The number of nitrogens with zero attached hydrogens (tertiary/aromatic N) is 4. The van der Waals surface area contributed by atoms with Gasteiger partial charge in [-0.2, -0.15) is 0 Å². The van der Waals surface area contributed by atoms with E-state index in [-0.39, 0.29) is 18.0 Å². The van der Waals surface area contributed by atoms with Crippen molar-refractivity contribution in [2.75, 3.05) is 27.2 Å². The van der Waals surface area contributed by atoms with Gasteiger partial charge in [-0.05, 0) is 44.3 Å². The van der Waals surface area contributed by atoms with E-state index in [4.69, 9.17) is 4.98 Å². The Bertz CT molecular complexity index is 1370. The highest BCUT2D eigenvalue weighted by Gasteiger charge is 2.27. The zero-order chi connectivity index (χ0) is 21.5. The molecular weight excluding hydrogens is 390 g/mol. The van der Waals surface area contributed by atoms with E-state index in [1.54, 1.807) is 4.57 Å². The Balaban J connectivity index is 1.66. The van der Waals surface area contributed by atoms with Crippen molar-refractivity contribution in [1.29, 1.82) is 0 Å². The number of benzene rings is 2. The zero-order valence-corrected chi connectivity index (χ0v) is 17.8. The second-order valence-corrected chi connectivity index (χ2v) is 8.24. The minimum absolute atomic E-state index is 0.0292. The van der Waals surface area contributed by atoms with Crippen molar-refractivity contribution >= 4 is 27.7 Å². The molecule has 7 nitrogen and oxygen atoms in total. The van der Waals surface area contributed by atoms with Crippen molar-refractivity contribution in [2.45, 2.75) is 19.5 Å². The van der Waals surface area contributed by atoms with E-state index in [9.17, 15) is 9.59 Å². The molecule has 1 amide bonds. The molecule has 158 valence electrons. The number of aromatic nitrogens is 3. The first-order chi connectivity index (χ1) is 15.0. The van der Waals surface area contributed by atoms with Gasteiger partial charge >= 0.3 is 0 Å². The number of fused-ring (bicyclic) bond motifs is 6. The predicted octanol–water partition coefficient (Wildman–Crippen LogP) is 2.25. The molecular formula is C24H25N5O2. The highest BCUT2D eigenvalue weighted by atomic mass is 16.2. The number of likely N-dealkylation sites (N-methyl/N-ethyl adjacent to an activating group) is 1. The Morgan fingerprint density at radius 3 is 2.65 bits per heavy atom. The molecule has 0 saturated heterocycles. The molecule has 2 aromatic heterocycles. The lowest BCUT2D eigenvalue weighted by Gasteiger charge is -2.21. The number of aryl methyl sites for hydroxylation is 1. The minimum Gasteiger partial charge on any atom is -0.353 e. The Kier molecular flexibility index (Phi) is 4.82. The first-order valence-corrected chi connectivity index (χ1v) is 10.6. The molecule has 1 aliphatic heterocycles. The molecule has 0 aliphatic carbocycles. The van der Waals surface area contributed by atoms with Gasteiger partial charge in [0.25, 0.3) is 5.56 Å². The van der Waals surface area contributed by atoms with Crippen molar-refractivity contribution in [3.8, 4) is 11.5 Å². The molecule has 0 fully saturated rings. The van der Waals surface area contributed by atoms with Gasteiger partial charge < -0.3 is 14.8 Å². The highest BCUT2D eigenvalue weighted by Crippen LogP contribution is 2.36. The van der Waals surface area contributed by atoms with Gasteiger partial charge in [0, 0.05) is 30.5 Å². The third-order valence-electron chi connectivity index (χ3n) is 5.92. The predicted molar refractivity (Wildman–Crippen MR) is 122 cm³/mol. The van der Waals surface area contributed by atoms with Crippen LogP contribution in [0.3, 0.4) is 0 Å². The van der Waals surface area contributed by atoms with Crippen LogP contribution in [-0.2, 0) is 24.3 Å². The molecule has 0 spiro atoms. The fraction of sp³-hybridized carbons (Fsp3) is 0.292. The van der Waals surface area contributed by atoms with Crippen molar-refractivity contribution in [2.24, 2.45) is 0 Å². The number of para-hydroxylation sites is 2. The summed E-state index contributed by atoms with van der Waals surface area (Å²) in [5.74, 6) is 0.591. The molecule has 2 aromatic carbocycles. The molecule has 4 aromatic rings. The Labute approximate surface area is 179 Å². The van der Waals surface area contributed by atoms with E-state index in [1.807, 2.05) is 66.0 Å². The fourth-order valence-corrected chi connectivity index (χ4v) is 4.45. The molecule has 5 rings (SSSR count). The molecule has 0 atom stereocenters. The minimum atomic E-state index is -0.0503. The van der Waals surface area contributed by atoms with Crippen LogP contribution in [0.2, 0.25) is 0 Å². The molecule has 0 saturated carbocycles. The first kappa shape index (κ1) is 19.5. The summed E-state index contributed by atoms with van der Waals surface area (Å²) < 4.78 is 3.77. The SMILES string of the molecule is CN(C)CCNC(=O)Cn1c2c(c3ccccc31)CCn1c-2nc2ccccc2c1=O. The summed E-state index contributed by atoms with van der Waals surface area (Å²) >= 11 is 0. The topological polar surface area (TPSA) is 72.2 Å². The molecule has 0 unspecified atom stereocenters. The lowest BCUT2D eigenvalue weighted by Crippen LogP contribution is -2.34. The van der Waals surface area contributed by atoms with E-state index in [0.717, 1.165) is 35.1 Å². The average Bonchev–Trinajstić information content (AvgIpc) is 3.08. The van der Waals surface area contributed by atoms with Gasteiger partial charge in [-0.15, -0.1) is 0 Å². The Morgan fingerprint density at radius 2 is 1.84 bits per heavy atom. The maximum atomic E-state index is 13.2. The van der Waals surface area contributed by atoms with Crippen LogP contribution in [0.25, 0.3) is 33.3 Å². The molecule has 7 heteroatoms. The van der Waals surface area contributed by atoms with Crippen LogP contribution in [0.4, 0.5) is 0 Å². The number of amides is 1. The molecule has 1 N–H and O–H groups in total. The third-order valence-corrected chi connectivity index (χ3v) is 5.92. The molecule has 31 heavy (non-hydrogen) atoms. The molecule has 1 aliphatic rings. The molecule has 0 radical (unpaired) electrons. The highest BCUT2D eigenvalue weighted by molar-refractivity contribution is 5.93. The van der Waals surface area contributed by atoms with Crippen LogP contribution < -0.4 is 10.9 Å². The van der Waals surface area contributed by atoms with E-state index in [0.29, 0.717) is 29.8 Å². The van der Waals surface area contributed by atoms with Gasteiger partial charge in [-0.1, -0.05) is 30.3 Å². The van der Waals surface area contributed by atoms with E-state index >= 15 is 0 Å². The lowest BCUT2D eigenvalue weighted by atomic mass is 10.0. The number of carbonyl (C=O) groups excluding carboxylic acids is 1. The lowest BCUT2D eigenvalue weighted by molar-refractivity contribution is -0.121. The Hall–Kier alpha value is -3.45. The summed E-state index contributed by atoms with van der Waals surface area (Å²) in [6, 6.07) is 15.6. The maximum Gasteiger partial charge on any atom is 0.261 e. The van der Waals surface area contributed by atoms with Gasteiger partial charge in [0.15, 0.2) is 5.82 Å². The van der Waals surface area contributed by atoms with Crippen LogP contribution in [0.1, 0.15) is 5.56 Å². The van der Waals surface area contributed by atoms with Crippen molar-refractivity contribution < 1.29 is 4.79 Å². The third kappa shape index (κ3) is 3.31. The van der Waals surface area contributed by atoms with Gasteiger partial charge in [0.2, 0.25) is 5.91 Å². The van der Waals surface area contributed by atoms with Crippen molar-refractivity contribution in [3.05, 3.63) is 64.4 Å². The van der Waals surface area contributed by atoms with Crippen LogP contribution in [0, 0.1) is 0 Å². The van der Waals surface area contributed by atoms with Crippen molar-refractivity contribution in [3.63, 3.8) is 0 Å². The number of hydrogen-bond donors (Lipinski definition) is 1. The number of nitrogens with one attached hydrogen (secondary N) is 1. The zero-order valence-electron chi connectivity index (χ0n) is 17.8. The standard InChI is InChI=1S/C24H25N5O2/c1-27(2)14-12-25-21(30)15-29-20-10-6-4-7-16(20)17-11-13-28-23(22(17)29)26-19-9-5-3-8-18(19)24(28)31/h3-10H,11-15H2,1-2H3,(H,25,30).